The zero-order chi connectivity index (χ0) is 14.9. The minimum Gasteiger partial charge on any atom is -0.372 e. The Balaban J connectivity index is 2.42. The van der Waals surface area contributed by atoms with E-state index in [0.29, 0.717) is 19.4 Å². The molecule has 20 heavy (non-hydrogen) atoms. The van der Waals surface area contributed by atoms with Gasteiger partial charge in [0.25, 0.3) is 0 Å². The number of ether oxygens (including phenoxy) is 1. The summed E-state index contributed by atoms with van der Waals surface area (Å²) in [7, 11) is 0. The maximum atomic E-state index is 13.1. The van der Waals surface area contributed by atoms with Crippen LogP contribution in [0.25, 0.3) is 0 Å². The van der Waals surface area contributed by atoms with Gasteiger partial charge in [-0.15, -0.1) is 0 Å². The van der Waals surface area contributed by atoms with Gasteiger partial charge in [-0.1, -0.05) is 0 Å². The topological polar surface area (TPSA) is 29.5 Å². The third-order valence-electron chi connectivity index (χ3n) is 3.22. The third kappa shape index (κ3) is 3.12. The van der Waals surface area contributed by atoms with Gasteiger partial charge in [-0.3, -0.25) is 4.79 Å². The molecule has 110 valence electrons. The van der Waals surface area contributed by atoms with Crippen molar-refractivity contribution in [3.63, 3.8) is 0 Å². The van der Waals surface area contributed by atoms with Gasteiger partial charge in [0.15, 0.2) is 0 Å². The van der Waals surface area contributed by atoms with Crippen molar-refractivity contribution in [3.8, 4) is 0 Å². The van der Waals surface area contributed by atoms with E-state index >= 15 is 0 Å². The van der Waals surface area contributed by atoms with Gasteiger partial charge >= 0.3 is 6.18 Å². The summed E-state index contributed by atoms with van der Waals surface area (Å²) >= 11 is 0. The Morgan fingerprint density at radius 1 is 1.25 bits per heavy atom. The first kappa shape index (κ1) is 14.8. The second-order valence-electron chi connectivity index (χ2n) is 5.05. The number of carbonyl (C=O) groups excluding carboxylic acids is 1. The molecule has 2 rings (SSSR count). The van der Waals surface area contributed by atoms with Gasteiger partial charge in [-0.25, -0.2) is 0 Å². The molecule has 1 aromatic carbocycles. The first-order chi connectivity index (χ1) is 9.31. The molecule has 2 unspecified atom stereocenters. The summed E-state index contributed by atoms with van der Waals surface area (Å²) < 4.78 is 44.9. The van der Waals surface area contributed by atoms with E-state index in [1.807, 2.05) is 13.8 Å². The Kier molecular flexibility index (Phi) is 4.04. The normalized spacial score (nSPS) is 23.8. The van der Waals surface area contributed by atoms with Crippen LogP contribution in [0.3, 0.4) is 0 Å². The molecule has 0 bridgehead atoms. The summed E-state index contributed by atoms with van der Waals surface area (Å²) in [6.45, 7) is 4.45. The van der Waals surface area contributed by atoms with Crippen LogP contribution in [0.5, 0.6) is 0 Å². The standard InChI is InChI=1S/C14H16F3NO2/c1-9-6-18(7-10(2)20-9)13-4-3-11(8-19)5-12(13)14(15,16)17/h3-5,8-10H,6-7H2,1-2H3. The number of alkyl halides is 3. The number of aldehydes is 1. The molecule has 6 heteroatoms. The Hall–Kier alpha value is -1.56. The molecule has 1 fully saturated rings. The lowest BCUT2D eigenvalue weighted by atomic mass is 10.1. The quantitative estimate of drug-likeness (QED) is 0.783. The number of halogens is 3. The van der Waals surface area contributed by atoms with Crippen LogP contribution in [0.2, 0.25) is 0 Å². The summed E-state index contributed by atoms with van der Waals surface area (Å²) in [5.74, 6) is 0. The highest BCUT2D eigenvalue weighted by molar-refractivity contribution is 5.77. The summed E-state index contributed by atoms with van der Waals surface area (Å²) in [6.07, 6.45) is -4.33. The maximum Gasteiger partial charge on any atom is 0.418 e. The fourth-order valence-electron chi connectivity index (χ4n) is 2.50. The zero-order valence-electron chi connectivity index (χ0n) is 11.3. The predicted octanol–water partition coefficient (Wildman–Crippen LogP) is 3.13. The molecule has 0 N–H and O–H groups in total. The van der Waals surface area contributed by atoms with Gasteiger partial charge in [-0.05, 0) is 32.0 Å². The van der Waals surface area contributed by atoms with Crippen molar-refractivity contribution in [1.29, 1.82) is 0 Å². The summed E-state index contributed by atoms with van der Waals surface area (Å²) in [5, 5.41) is 0. The molecule has 0 saturated carbocycles. The van der Waals surface area contributed by atoms with Crippen molar-refractivity contribution in [2.24, 2.45) is 0 Å². The molecule has 1 aromatic rings. The molecule has 2 atom stereocenters. The SMILES string of the molecule is CC1CN(c2ccc(C=O)cc2C(F)(F)F)CC(C)O1. The molecule has 0 amide bonds. The van der Waals surface area contributed by atoms with E-state index in [4.69, 9.17) is 4.74 Å². The molecule has 1 aliphatic heterocycles. The largest absolute Gasteiger partial charge is 0.418 e. The molecule has 0 spiro atoms. The van der Waals surface area contributed by atoms with Crippen LogP contribution >= 0.6 is 0 Å². The highest BCUT2D eigenvalue weighted by atomic mass is 19.4. The van der Waals surface area contributed by atoms with E-state index in [1.165, 1.54) is 12.1 Å². The Labute approximate surface area is 115 Å². The fourth-order valence-corrected chi connectivity index (χ4v) is 2.50. The van der Waals surface area contributed by atoms with Gasteiger partial charge in [0.1, 0.15) is 6.29 Å². The lowest BCUT2D eigenvalue weighted by Gasteiger charge is -2.38. The minimum atomic E-state index is -4.49. The minimum absolute atomic E-state index is 0.0235. The molecule has 0 aliphatic carbocycles. The van der Waals surface area contributed by atoms with Gasteiger partial charge in [0.05, 0.1) is 17.8 Å². The van der Waals surface area contributed by atoms with Crippen molar-refractivity contribution < 1.29 is 22.7 Å². The molecule has 1 aliphatic rings. The van der Waals surface area contributed by atoms with Crippen molar-refractivity contribution in [3.05, 3.63) is 29.3 Å². The van der Waals surface area contributed by atoms with E-state index in [1.54, 1.807) is 4.90 Å². The number of anilines is 1. The van der Waals surface area contributed by atoms with Gasteiger partial charge < -0.3 is 9.64 Å². The number of carbonyl (C=O) groups is 1. The molecule has 0 radical (unpaired) electrons. The van der Waals surface area contributed by atoms with E-state index in [-0.39, 0.29) is 23.5 Å². The lowest BCUT2D eigenvalue weighted by Crippen LogP contribution is -2.46. The molecule has 1 heterocycles. The number of hydrogen-bond donors (Lipinski definition) is 0. The number of benzene rings is 1. The highest BCUT2D eigenvalue weighted by Gasteiger charge is 2.36. The van der Waals surface area contributed by atoms with Crippen LogP contribution in [0.1, 0.15) is 29.8 Å². The van der Waals surface area contributed by atoms with Crippen molar-refractivity contribution in [1.82, 2.24) is 0 Å². The Morgan fingerprint density at radius 3 is 2.35 bits per heavy atom. The van der Waals surface area contributed by atoms with Crippen molar-refractivity contribution in [2.45, 2.75) is 32.2 Å². The van der Waals surface area contributed by atoms with Gasteiger partial charge in [0, 0.05) is 24.3 Å². The zero-order valence-corrected chi connectivity index (χ0v) is 11.3. The van der Waals surface area contributed by atoms with E-state index in [0.717, 1.165) is 6.07 Å². The Morgan fingerprint density at radius 2 is 1.85 bits per heavy atom. The molecule has 0 aromatic heterocycles. The van der Waals surface area contributed by atoms with E-state index in [2.05, 4.69) is 0 Å². The fraction of sp³-hybridized carbons (Fsp3) is 0.500. The van der Waals surface area contributed by atoms with E-state index in [9.17, 15) is 18.0 Å². The number of nitrogens with zero attached hydrogens (tertiary/aromatic N) is 1. The van der Waals surface area contributed by atoms with Crippen LogP contribution in [0.15, 0.2) is 18.2 Å². The average Bonchev–Trinajstić information content (AvgIpc) is 2.35. The van der Waals surface area contributed by atoms with Crippen molar-refractivity contribution >= 4 is 12.0 Å². The number of rotatable bonds is 2. The van der Waals surface area contributed by atoms with Crippen molar-refractivity contribution in [2.75, 3.05) is 18.0 Å². The first-order valence-electron chi connectivity index (χ1n) is 6.38. The van der Waals surface area contributed by atoms with Crippen LogP contribution in [-0.2, 0) is 10.9 Å². The molecule has 1 saturated heterocycles. The second-order valence-corrected chi connectivity index (χ2v) is 5.05. The molecular formula is C14H16F3NO2. The summed E-state index contributed by atoms with van der Waals surface area (Å²) in [6, 6.07) is 3.66. The highest BCUT2D eigenvalue weighted by Crippen LogP contribution is 2.38. The first-order valence-corrected chi connectivity index (χ1v) is 6.38. The third-order valence-corrected chi connectivity index (χ3v) is 3.22. The maximum absolute atomic E-state index is 13.1. The van der Waals surface area contributed by atoms with E-state index < -0.39 is 11.7 Å². The molecular weight excluding hydrogens is 271 g/mol. The number of morpholine rings is 1. The average molecular weight is 287 g/mol. The molecule has 3 nitrogen and oxygen atoms in total. The Bertz CT molecular complexity index is 492. The summed E-state index contributed by atoms with van der Waals surface area (Å²) in [5.41, 5.74) is -0.649. The summed E-state index contributed by atoms with van der Waals surface area (Å²) in [4.78, 5) is 12.3. The van der Waals surface area contributed by atoms with Crippen LogP contribution in [-0.4, -0.2) is 31.6 Å². The lowest BCUT2D eigenvalue weighted by molar-refractivity contribution is -0.137. The second kappa shape index (κ2) is 5.44. The monoisotopic (exact) mass is 287 g/mol. The smallest absolute Gasteiger partial charge is 0.372 e. The van der Waals surface area contributed by atoms with Crippen LogP contribution in [0.4, 0.5) is 18.9 Å². The number of hydrogen-bond acceptors (Lipinski definition) is 3. The predicted molar refractivity (Wildman–Crippen MR) is 69.1 cm³/mol. The van der Waals surface area contributed by atoms with Crippen LogP contribution < -0.4 is 4.90 Å². The van der Waals surface area contributed by atoms with Gasteiger partial charge in [0.2, 0.25) is 0 Å². The van der Waals surface area contributed by atoms with Crippen LogP contribution in [0, 0.1) is 0 Å². The van der Waals surface area contributed by atoms with Gasteiger partial charge in [-0.2, -0.15) is 13.2 Å².